The first-order valence-electron chi connectivity index (χ1n) is 11.7. The van der Waals surface area contributed by atoms with Crippen LogP contribution in [0.4, 0.5) is 24.5 Å². The van der Waals surface area contributed by atoms with E-state index in [-0.39, 0.29) is 17.4 Å². The molecule has 1 aliphatic heterocycles. The van der Waals surface area contributed by atoms with Crippen LogP contribution in [0.3, 0.4) is 0 Å². The van der Waals surface area contributed by atoms with Crippen LogP contribution in [-0.4, -0.2) is 52.1 Å². The number of carbonyl (C=O) groups excluding carboxylic acids is 1. The van der Waals surface area contributed by atoms with Gasteiger partial charge in [0.1, 0.15) is 0 Å². The molecule has 190 valence electrons. The molecule has 5 rings (SSSR count). The standard InChI is InChI=1S/C26H23F3N6O2/c27-26(28,29)19-9-10-22(35-14-12-34(13-15-35)17-20-8-4-5-11-30-20)21(16-19)31-24(36)23-32-25(37-33-23)18-6-2-1-3-7-18/h1-11,16H,12-15,17H2,(H,31,36). The van der Waals surface area contributed by atoms with Crippen molar-refractivity contribution < 1.29 is 22.5 Å². The smallest absolute Gasteiger partial charge is 0.367 e. The average Bonchev–Trinajstić information content (AvgIpc) is 3.41. The maximum atomic E-state index is 13.5. The third-order valence-electron chi connectivity index (χ3n) is 6.05. The zero-order chi connectivity index (χ0) is 25.8. The minimum atomic E-state index is -4.56. The molecular weight excluding hydrogens is 485 g/mol. The fraction of sp³-hybridized carbons (Fsp3) is 0.231. The van der Waals surface area contributed by atoms with Crippen molar-refractivity contribution in [2.45, 2.75) is 12.7 Å². The second kappa shape index (κ2) is 10.4. The maximum Gasteiger partial charge on any atom is 0.416 e. The van der Waals surface area contributed by atoms with Crippen LogP contribution in [0.25, 0.3) is 11.5 Å². The number of carbonyl (C=O) groups is 1. The summed E-state index contributed by atoms with van der Waals surface area (Å²) in [6.07, 6.45) is -2.82. The molecule has 2 aromatic heterocycles. The van der Waals surface area contributed by atoms with E-state index < -0.39 is 17.6 Å². The molecule has 0 bridgehead atoms. The van der Waals surface area contributed by atoms with Gasteiger partial charge in [-0.05, 0) is 42.5 Å². The molecule has 0 saturated carbocycles. The molecule has 1 N–H and O–H groups in total. The number of alkyl halides is 3. The fourth-order valence-electron chi connectivity index (χ4n) is 4.15. The molecule has 0 radical (unpaired) electrons. The van der Waals surface area contributed by atoms with Gasteiger partial charge in [-0.25, -0.2) is 0 Å². The maximum absolute atomic E-state index is 13.5. The molecule has 1 amide bonds. The van der Waals surface area contributed by atoms with Crippen LogP contribution >= 0.6 is 0 Å². The largest absolute Gasteiger partial charge is 0.416 e. The van der Waals surface area contributed by atoms with Crippen molar-refractivity contribution in [2.75, 3.05) is 36.4 Å². The minimum absolute atomic E-state index is 0.0315. The molecule has 8 nitrogen and oxygen atoms in total. The number of pyridine rings is 1. The van der Waals surface area contributed by atoms with Crippen molar-refractivity contribution in [1.29, 1.82) is 0 Å². The topological polar surface area (TPSA) is 87.4 Å². The molecule has 0 spiro atoms. The summed E-state index contributed by atoms with van der Waals surface area (Å²) in [5, 5.41) is 6.27. The van der Waals surface area contributed by atoms with E-state index in [1.807, 2.05) is 29.2 Å². The molecule has 1 fully saturated rings. The molecule has 1 aliphatic rings. The van der Waals surface area contributed by atoms with E-state index in [2.05, 4.69) is 25.3 Å². The van der Waals surface area contributed by atoms with Crippen LogP contribution in [0.1, 0.15) is 21.9 Å². The third-order valence-corrected chi connectivity index (χ3v) is 6.05. The van der Waals surface area contributed by atoms with Crippen LogP contribution in [0, 0.1) is 0 Å². The number of hydrogen-bond donors (Lipinski definition) is 1. The van der Waals surface area contributed by atoms with Crippen LogP contribution in [-0.2, 0) is 12.7 Å². The summed E-state index contributed by atoms with van der Waals surface area (Å²) in [7, 11) is 0. The quantitative estimate of drug-likeness (QED) is 0.403. The van der Waals surface area contributed by atoms with Gasteiger partial charge in [0, 0.05) is 44.5 Å². The summed E-state index contributed by atoms with van der Waals surface area (Å²) in [5.41, 5.74) is 1.24. The molecule has 2 aromatic carbocycles. The number of anilines is 2. The number of nitrogens with one attached hydrogen (secondary N) is 1. The van der Waals surface area contributed by atoms with Gasteiger partial charge in [-0.1, -0.05) is 29.4 Å². The molecule has 0 atom stereocenters. The number of hydrogen-bond acceptors (Lipinski definition) is 7. The lowest BCUT2D eigenvalue weighted by molar-refractivity contribution is -0.137. The van der Waals surface area contributed by atoms with Gasteiger partial charge in [-0.15, -0.1) is 0 Å². The first-order chi connectivity index (χ1) is 17.9. The van der Waals surface area contributed by atoms with Crippen LogP contribution in [0.2, 0.25) is 0 Å². The van der Waals surface area contributed by atoms with Crippen molar-refractivity contribution in [3.63, 3.8) is 0 Å². The Morgan fingerprint density at radius 1 is 0.973 bits per heavy atom. The molecule has 4 aromatic rings. The first-order valence-corrected chi connectivity index (χ1v) is 11.7. The highest BCUT2D eigenvalue weighted by atomic mass is 19.4. The van der Waals surface area contributed by atoms with Gasteiger partial charge in [-0.3, -0.25) is 14.7 Å². The second-order valence-electron chi connectivity index (χ2n) is 8.56. The fourth-order valence-corrected chi connectivity index (χ4v) is 4.15. The highest BCUT2D eigenvalue weighted by molar-refractivity contribution is 6.03. The predicted octanol–water partition coefficient (Wildman–Crippen LogP) is 4.72. The Morgan fingerprint density at radius 2 is 1.73 bits per heavy atom. The molecule has 0 unspecified atom stereocenters. The Kier molecular flexibility index (Phi) is 6.87. The summed E-state index contributed by atoms with van der Waals surface area (Å²) in [6, 6.07) is 18.0. The van der Waals surface area contributed by atoms with Gasteiger partial charge in [0.25, 0.3) is 17.6 Å². The van der Waals surface area contributed by atoms with E-state index in [0.717, 1.165) is 17.8 Å². The van der Waals surface area contributed by atoms with Crippen LogP contribution in [0.5, 0.6) is 0 Å². The van der Waals surface area contributed by atoms with Gasteiger partial charge < -0.3 is 14.7 Å². The second-order valence-corrected chi connectivity index (χ2v) is 8.56. The number of benzene rings is 2. The summed E-state index contributed by atoms with van der Waals surface area (Å²) < 4.78 is 45.6. The van der Waals surface area contributed by atoms with E-state index >= 15 is 0 Å². The summed E-state index contributed by atoms with van der Waals surface area (Å²) in [5.74, 6) is -0.901. The van der Waals surface area contributed by atoms with Crippen molar-refractivity contribution in [3.8, 4) is 11.5 Å². The molecule has 11 heteroatoms. The lowest BCUT2D eigenvalue weighted by Gasteiger charge is -2.37. The third kappa shape index (κ3) is 5.78. The first kappa shape index (κ1) is 24.4. The number of piperazine rings is 1. The molecule has 37 heavy (non-hydrogen) atoms. The number of aromatic nitrogens is 3. The zero-order valence-corrected chi connectivity index (χ0v) is 19.7. The summed E-state index contributed by atoms with van der Waals surface area (Å²) >= 11 is 0. The van der Waals surface area contributed by atoms with E-state index in [0.29, 0.717) is 44.0 Å². The molecule has 1 saturated heterocycles. The van der Waals surface area contributed by atoms with E-state index in [4.69, 9.17) is 4.52 Å². The van der Waals surface area contributed by atoms with Crippen LogP contribution < -0.4 is 10.2 Å². The molecule has 0 aliphatic carbocycles. The van der Waals surface area contributed by atoms with Crippen LogP contribution in [0.15, 0.2) is 77.4 Å². The van der Waals surface area contributed by atoms with Crippen molar-refractivity contribution in [3.05, 3.63) is 90.0 Å². The normalized spacial score (nSPS) is 14.5. The Hall–Kier alpha value is -4.25. The van der Waals surface area contributed by atoms with Crippen molar-refractivity contribution >= 4 is 17.3 Å². The van der Waals surface area contributed by atoms with Gasteiger partial charge in [0.15, 0.2) is 0 Å². The highest BCUT2D eigenvalue weighted by Crippen LogP contribution is 2.36. The number of halogens is 3. The number of amides is 1. The monoisotopic (exact) mass is 508 g/mol. The van der Waals surface area contributed by atoms with Crippen molar-refractivity contribution in [1.82, 2.24) is 20.0 Å². The average molecular weight is 509 g/mol. The SMILES string of the molecule is O=C(Nc1cc(C(F)(F)F)ccc1N1CCN(Cc2ccccn2)CC1)c1noc(-c2ccccc2)n1. The van der Waals surface area contributed by atoms with E-state index in [1.54, 1.807) is 30.5 Å². The van der Waals surface area contributed by atoms with E-state index in [9.17, 15) is 18.0 Å². The number of rotatable bonds is 6. The van der Waals surface area contributed by atoms with Crippen molar-refractivity contribution in [2.24, 2.45) is 0 Å². The Morgan fingerprint density at radius 3 is 2.43 bits per heavy atom. The Balaban J connectivity index is 1.34. The number of nitrogens with zero attached hydrogens (tertiary/aromatic N) is 5. The lowest BCUT2D eigenvalue weighted by atomic mass is 10.1. The van der Waals surface area contributed by atoms with Gasteiger partial charge in [-0.2, -0.15) is 18.2 Å². The minimum Gasteiger partial charge on any atom is -0.367 e. The highest BCUT2D eigenvalue weighted by Gasteiger charge is 2.32. The zero-order valence-electron chi connectivity index (χ0n) is 19.7. The Labute approximate surface area is 210 Å². The molecule has 3 heterocycles. The predicted molar refractivity (Wildman–Crippen MR) is 131 cm³/mol. The van der Waals surface area contributed by atoms with Gasteiger partial charge in [0.2, 0.25) is 0 Å². The molecular formula is C26H23F3N6O2. The lowest BCUT2D eigenvalue weighted by Crippen LogP contribution is -2.46. The van der Waals surface area contributed by atoms with Gasteiger partial charge >= 0.3 is 6.18 Å². The summed E-state index contributed by atoms with van der Waals surface area (Å²) in [4.78, 5) is 25.5. The van der Waals surface area contributed by atoms with Gasteiger partial charge in [0.05, 0.1) is 22.6 Å². The summed E-state index contributed by atoms with van der Waals surface area (Å²) in [6.45, 7) is 3.21. The Bertz CT molecular complexity index is 1350. The van der Waals surface area contributed by atoms with E-state index in [1.165, 1.54) is 6.07 Å².